The number of hydrogen-bond donors (Lipinski definition) is 2. The fraction of sp³-hybridized carbons (Fsp3) is 0.407. The number of quaternary nitrogens is 1. The van der Waals surface area contributed by atoms with E-state index in [-0.39, 0.29) is 11.3 Å². The summed E-state index contributed by atoms with van der Waals surface area (Å²) in [6.45, 7) is 4.43. The van der Waals surface area contributed by atoms with Crippen LogP contribution in [-0.2, 0) is 14.3 Å². The van der Waals surface area contributed by atoms with Crippen molar-refractivity contribution < 1.29 is 38.5 Å². The smallest absolute Gasteiger partial charge is 0.295 e. The number of hydrogen-bond acceptors (Lipinski definition) is 7. The van der Waals surface area contributed by atoms with Crippen molar-refractivity contribution in [3.05, 3.63) is 58.1 Å². The molecule has 0 aromatic heterocycles. The van der Waals surface area contributed by atoms with Crippen molar-refractivity contribution in [1.82, 2.24) is 4.90 Å². The molecular formula is C27H32ClN2O7+. The predicted octanol–water partition coefficient (Wildman–Crippen LogP) is 2.09. The lowest BCUT2D eigenvalue weighted by Crippen LogP contribution is -3.14. The van der Waals surface area contributed by atoms with Crippen LogP contribution in [-0.4, -0.2) is 82.4 Å². The molecule has 1 atom stereocenters. The molecule has 2 aromatic rings. The van der Waals surface area contributed by atoms with Gasteiger partial charge in [-0.05, 0) is 42.0 Å². The van der Waals surface area contributed by atoms with Gasteiger partial charge in [0, 0.05) is 23.6 Å². The van der Waals surface area contributed by atoms with Crippen molar-refractivity contribution in [2.24, 2.45) is 0 Å². The molecule has 1 unspecified atom stereocenters. The largest absolute Gasteiger partial charge is 0.507 e. The van der Waals surface area contributed by atoms with E-state index in [0.717, 1.165) is 19.6 Å². The quantitative estimate of drug-likeness (QED) is 0.290. The summed E-state index contributed by atoms with van der Waals surface area (Å²) in [7, 11) is 4.49. The minimum absolute atomic E-state index is 0.000292. The van der Waals surface area contributed by atoms with Crippen molar-refractivity contribution in [1.29, 1.82) is 0 Å². The fourth-order valence-electron chi connectivity index (χ4n) is 4.89. The first-order valence-corrected chi connectivity index (χ1v) is 12.5. The highest BCUT2D eigenvalue weighted by molar-refractivity contribution is 6.46. The molecule has 0 bridgehead atoms. The average molecular weight is 532 g/mol. The number of nitrogens with zero attached hydrogens (tertiary/aromatic N) is 1. The molecule has 198 valence electrons. The number of methoxy groups -OCH3 is 3. The number of morpholine rings is 1. The highest BCUT2D eigenvalue weighted by Crippen LogP contribution is 2.45. The number of ketones is 1. The SMILES string of the molecule is COc1cc(C2C(=C(O)c3ccc(Cl)cc3)C(=O)C(=O)N2CCC[NH+]2CCOCC2)cc(OC)c1OC. The van der Waals surface area contributed by atoms with Gasteiger partial charge >= 0.3 is 0 Å². The Kier molecular flexibility index (Phi) is 8.58. The molecular weight excluding hydrogens is 500 g/mol. The molecule has 0 spiro atoms. The molecule has 37 heavy (non-hydrogen) atoms. The van der Waals surface area contributed by atoms with Crippen LogP contribution in [0.5, 0.6) is 17.2 Å². The lowest BCUT2D eigenvalue weighted by molar-refractivity contribution is -0.908. The molecule has 1 amide bonds. The van der Waals surface area contributed by atoms with Crippen LogP contribution < -0.4 is 19.1 Å². The van der Waals surface area contributed by atoms with E-state index in [1.165, 1.54) is 31.1 Å². The van der Waals surface area contributed by atoms with Gasteiger partial charge in [0.2, 0.25) is 5.75 Å². The van der Waals surface area contributed by atoms with Gasteiger partial charge in [-0.1, -0.05) is 11.6 Å². The first-order valence-electron chi connectivity index (χ1n) is 12.1. The number of aliphatic hydroxyl groups is 1. The Morgan fingerprint density at radius 1 is 1.05 bits per heavy atom. The van der Waals surface area contributed by atoms with Gasteiger partial charge < -0.3 is 33.9 Å². The molecule has 2 aromatic carbocycles. The number of nitrogens with one attached hydrogen (secondary N) is 1. The van der Waals surface area contributed by atoms with Gasteiger partial charge in [0.15, 0.2) is 11.5 Å². The Labute approximate surface area is 221 Å². The third-order valence-corrected chi connectivity index (χ3v) is 7.04. The number of likely N-dealkylation sites (tertiary alicyclic amines) is 1. The zero-order valence-electron chi connectivity index (χ0n) is 21.2. The maximum atomic E-state index is 13.3. The van der Waals surface area contributed by atoms with Gasteiger partial charge in [0.25, 0.3) is 11.7 Å². The van der Waals surface area contributed by atoms with Gasteiger partial charge in [-0.2, -0.15) is 0 Å². The maximum Gasteiger partial charge on any atom is 0.295 e. The van der Waals surface area contributed by atoms with Crippen molar-refractivity contribution in [2.75, 3.05) is 60.7 Å². The van der Waals surface area contributed by atoms with Gasteiger partial charge in [0.1, 0.15) is 18.8 Å². The Hall–Kier alpha value is -3.27. The summed E-state index contributed by atoms with van der Waals surface area (Å²) in [6, 6.07) is 9.01. The van der Waals surface area contributed by atoms with E-state index in [9.17, 15) is 14.7 Å². The normalized spacial score (nSPS) is 19.8. The number of aliphatic hydroxyl groups excluding tert-OH is 1. The van der Waals surface area contributed by atoms with E-state index < -0.39 is 17.7 Å². The molecule has 2 aliphatic rings. The van der Waals surface area contributed by atoms with Gasteiger partial charge in [-0.3, -0.25) is 9.59 Å². The zero-order chi connectivity index (χ0) is 26.5. The Morgan fingerprint density at radius 2 is 1.68 bits per heavy atom. The highest BCUT2D eigenvalue weighted by Gasteiger charge is 2.46. The maximum absolute atomic E-state index is 13.3. The molecule has 2 N–H and O–H groups in total. The molecule has 0 saturated carbocycles. The Morgan fingerprint density at radius 3 is 2.24 bits per heavy atom. The summed E-state index contributed by atoms with van der Waals surface area (Å²) in [5.74, 6) is -0.524. The lowest BCUT2D eigenvalue weighted by Gasteiger charge is -2.28. The summed E-state index contributed by atoms with van der Waals surface area (Å²) in [5, 5.41) is 11.8. The molecule has 2 fully saturated rings. The molecule has 0 radical (unpaired) electrons. The first kappa shape index (κ1) is 26.8. The first-order chi connectivity index (χ1) is 17.9. The van der Waals surface area contributed by atoms with Crippen LogP contribution in [0.3, 0.4) is 0 Å². The molecule has 4 rings (SSSR count). The van der Waals surface area contributed by atoms with E-state index in [1.807, 2.05) is 0 Å². The van der Waals surface area contributed by atoms with E-state index in [1.54, 1.807) is 36.4 Å². The van der Waals surface area contributed by atoms with Crippen molar-refractivity contribution >= 4 is 29.1 Å². The van der Waals surface area contributed by atoms with Crippen LogP contribution in [0.25, 0.3) is 5.76 Å². The average Bonchev–Trinajstić information content (AvgIpc) is 3.17. The topological polar surface area (TPSA) is 99.0 Å². The third-order valence-electron chi connectivity index (χ3n) is 6.79. The molecule has 2 heterocycles. The molecule has 0 aliphatic carbocycles. The number of halogens is 1. The fourth-order valence-corrected chi connectivity index (χ4v) is 5.02. The van der Waals surface area contributed by atoms with E-state index in [4.69, 9.17) is 30.5 Å². The minimum atomic E-state index is -0.843. The number of benzene rings is 2. The summed E-state index contributed by atoms with van der Waals surface area (Å²) in [4.78, 5) is 29.5. The Bertz CT molecular complexity index is 1150. The monoisotopic (exact) mass is 531 g/mol. The van der Waals surface area contributed by atoms with Crippen LogP contribution in [0.15, 0.2) is 42.0 Å². The van der Waals surface area contributed by atoms with Gasteiger partial charge in [-0.15, -0.1) is 0 Å². The summed E-state index contributed by atoms with van der Waals surface area (Å²) in [6.07, 6.45) is 0.685. The van der Waals surface area contributed by atoms with E-state index >= 15 is 0 Å². The number of carbonyl (C=O) groups is 2. The van der Waals surface area contributed by atoms with E-state index in [2.05, 4.69) is 0 Å². The molecule has 2 aliphatic heterocycles. The number of amides is 1. The van der Waals surface area contributed by atoms with Crippen molar-refractivity contribution in [3.63, 3.8) is 0 Å². The highest BCUT2D eigenvalue weighted by atomic mass is 35.5. The minimum Gasteiger partial charge on any atom is -0.507 e. The second-order valence-corrected chi connectivity index (χ2v) is 9.36. The van der Waals surface area contributed by atoms with Crippen LogP contribution in [0.4, 0.5) is 0 Å². The zero-order valence-corrected chi connectivity index (χ0v) is 22.0. The van der Waals surface area contributed by atoms with Crippen LogP contribution in [0, 0.1) is 0 Å². The number of rotatable bonds is 9. The van der Waals surface area contributed by atoms with E-state index in [0.29, 0.717) is 59.6 Å². The third kappa shape index (κ3) is 5.53. The summed E-state index contributed by atoms with van der Waals surface area (Å²) < 4.78 is 21.9. The second kappa shape index (κ2) is 11.9. The number of ether oxygens (including phenoxy) is 4. The molecule has 10 heteroatoms. The van der Waals surface area contributed by atoms with Crippen LogP contribution in [0.1, 0.15) is 23.6 Å². The standard InChI is InChI=1S/C27H31ClN2O7/c1-34-20-15-18(16-21(35-2)26(20)36-3)23-22(24(31)17-5-7-19(28)8-6-17)25(32)27(33)30(23)10-4-9-29-11-13-37-14-12-29/h5-8,15-16,23,31H,4,9-14H2,1-3H3/p+1. The number of Topliss-reactive ketones (excluding diaryl/α,β-unsaturated/α-hetero) is 1. The second-order valence-electron chi connectivity index (χ2n) is 8.92. The Balaban J connectivity index is 1.77. The summed E-state index contributed by atoms with van der Waals surface area (Å²) in [5.41, 5.74) is 0.945. The number of carbonyl (C=O) groups excluding carboxylic acids is 2. The van der Waals surface area contributed by atoms with Gasteiger partial charge in [-0.25, -0.2) is 0 Å². The van der Waals surface area contributed by atoms with Crippen LogP contribution in [0.2, 0.25) is 5.02 Å². The van der Waals surface area contributed by atoms with Crippen molar-refractivity contribution in [2.45, 2.75) is 12.5 Å². The predicted molar refractivity (Wildman–Crippen MR) is 138 cm³/mol. The summed E-state index contributed by atoms with van der Waals surface area (Å²) >= 11 is 6.02. The lowest BCUT2D eigenvalue weighted by atomic mass is 9.94. The molecule has 2 saturated heterocycles. The molecule has 9 nitrogen and oxygen atoms in total. The van der Waals surface area contributed by atoms with Crippen LogP contribution >= 0.6 is 11.6 Å². The van der Waals surface area contributed by atoms with Gasteiger partial charge in [0.05, 0.1) is 52.7 Å². The van der Waals surface area contributed by atoms with Crippen molar-refractivity contribution in [3.8, 4) is 17.2 Å².